The van der Waals surface area contributed by atoms with E-state index in [9.17, 15) is 4.79 Å². The molecule has 0 radical (unpaired) electrons. The lowest BCUT2D eigenvalue weighted by Gasteiger charge is -2.20. The Bertz CT molecular complexity index is 453. The van der Waals surface area contributed by atoms with Gasteiger partial charge in [-0.1, -0.05) is 0 Å². The van der Waals surface area contributed by atoms with Gasteiger partial charge in [-0.05, 0) is 19.1 Å². The van der Waals surface area contributed by atoms with Crippen LogP contribution in [-0.4, -0.2) is 49.1 Å². The lowest BCUT2D eigenvalue weighted by Crippen LogP contribution is -2.35. The summed E-state index contributed by atoms with van der Waals surface area (Å²) in [4.78, 5) is 18.0. The van der Waals surface area contributed by atoms with Crippen molar-refractivity contribution < 1.29 is 9.53 Å². The number of nitrogens with zero attached hydrogens (tertiary/aromatic N) is 3. The standard InChI is InChI=1S/C14H20N4O2/c1-3-16-12-5-6-13(17-11-12)14(19)18(8-4-7-15)9-10-20-2/h5-6,11,16H,3-4,8-10H2,1-2H3. The van der Waals surface area contributed by atoms with E-state index in [4.69, 9.17) is 10.00 Å². The van der Waals surface area contributed by atoms with E-state index < -0.39 is 0 Å². The van der Waals surface area contributed by atoms with E-state index in [1.165, 1.54) is 0 Å². The van der Waals surface area contributed by atoms with E-state index in [0.717, 1.165) is 12.2 Å². The highest BCUT2D eigenvalue weighted by molar-refractivity contribution is 5.92. The Morgan fingerprint density at radius 3 is 2.85 bits per heavy atom. The summed E-state index contributed by atoms with van der Waals surface area (Å²) in [6.07, 6.45) is 1.93. The molecule has 0 saturated carbocycles. The number of rotatable bonds is 8. The summed E-state index contributed by atoms with van der Waals surface area (Å²) in [7, 11) is 1.58. The topological polar surface area (TPSA) is 78.2 Å². The molecule has 1 rings (SSSR count). The summed E-state index contributed by atoms with van der Waals surface area (Å²) in [6.45, 7) is 4.07. The van der Waals surface area contributed by atoms with E-state index in [-0.39, 0.29) is 5.91 Å². The molecule has 1 amide bonds. The fourth-order valence-corrected chi connectivity index (χ4v) is 1.69. The van der Waals surface area contributed by atoms with Gasteiger partial charge in [-0.25, -0.2) is 4.98 Å². The number of nitrogens with one attached hydrogen (secondary N) is 1. The molecular formula is C14H20N4O2. The van der Waals surface area contributed by atoms with Crippen LogP contribution in [0.15, 0.2) is 18.3 Å². The third-order valence-electron chi connectivity index (χ3n) is 2.71. The Hall–Kier alpha value is -2.13. The second-order valence-electron chi connectivity index (χ2n) is 4.16. The van der Waals surface area contributed by atoms with E-state index in [1.807, 2.05) is 19.1 Å². The number of hydrogen-bond acceptors (Lipinski definition) is 5. The smallest absolute Gasteiger partial charge is 0.272 e. The maximum atomic E-state index is 12.3. The van der Waals surface area contributed by atoms with Crippen molar-refractivity contribution in [1.29, 1.82) is 5.26 Å². The molecule has 1 aromatic rings. The first-order chi connectivity index (χ1) is 9.72. The zero-order valence-electron chi connectivity index (χ0n) is 11.9. The molecule has 108 valence electrons. The molecule has 1 N–H and O–H groups in total. The highest BCUT2D eigenvalue weighted by atomic mass is 16.5. The first-order valence-electron chi connectivity index (χ1n) is 6.58. The summed E-state index contributed by atoms with van der Waals surface area (Å²) >= 11 is 0. The molecule has 0 spiro atoms. The molecule has 20 heavy (non-hydrogen) atoms. The minimum atomic E-state index is -0.180. The van der Waals surface area contributed by atoms with Crippen molar-refractivity contribution in [3.05, 3.63) is 24.0 Å². The summed E-state index contributed by atoms with van der Waals surface area (Å²) in [5.74, 6) is -0.180. The van der Waals surface area contributed by atoms with E-state index in [2.05, 4.69) is 10.3 Å². The number of amides is 1. The summed E-state index contributed by atoms with van der Waals surface area (Å²) in [5, 5.41) is 11.8. The van der Waals surface area contributed by atoms with Crippen molar-refractivity contribution in [2.75, 3.05) is 38.7 Å². The number of carbonyl (C=O) groups excluding carboxylic acids is 1. The van der Waals surface area contributed by atoms with E-state index >= 15 is 0 Å². The Balaban J connectivity index is 2.74. The van der Waals surface area contributed by atoms with Crippen LogP contribution in [0.2, 0.25) is 0 Å². The van der Waals surface area contributed by atoms with Gasteiger partial charge in [0.1, 0.15) is 5.69 Å². The number of aromatic nitrogens is 1. The third-order valence-corrected chi connectivity index (χ3v) is 2.71. The number of nitriles is 1. The summed E-state index contributed by atoms with van der Waals surface area (Å²) in [6, 6.07) is 5.55. The average Bonchev–Trinajstić information content (AvgIpc) is 2.48. The molecule has 6 heteroatoms. The summed E-state index contributed by atoms with van der Waals surface area (Å²) in [5.41, 5.74) is 1.25. The predicted molar refractivity (Wildman–Crippen MR) is 76.4 cm³/mol. The maximum Gasteiger partial charge on any atom is 0.272 e. The SMILES string of the molecule is CCNc1ccc(C(=O)N(CCC#N)CCOC)nc1. The van der Waals surface area contributed by atoms with Gasteiger partial charge >= 0.3 is 0 Å². The zero-order valence-corrected chi connectivity index (χ0v) is 11.9. The van der Waals surface area contributed by atoms with Crippen LogP contribution >= 0.6 is 0 Å². The Kier molecular flexibility index (Phi) is 7.07. The fourth-order valence-electron chi connectivity index (χ4n) is 1.69. The van der Waals surface area contributed by atoms with Crippen molar-refractivity contribution in [1.82, 2.24) is 9.88 Å². The number of hydrogen-bond donors (Lipinski definition) is 1. The largest absolute Gasteiger partial charge is 0.384 e. The Labute approximate surface area is 119 Å². The lowest BCUT2D eigenvalue weighted by atomic mass is 10.2. The molecule has 0 aromatic carbocycles. The van der Waals surface area contributed by atoms with Gasteiger partial charge in [0.25, 0.3) is 5.91 Å². The van der Waals surface area contributed by atoms with Gasteiger partial charge in [-0.15, -0.1) is 0 Å². The van der Waals surface area contributed by atoms with Gasteiger partial charge < -0.3 is 15.0 Å². The fraction of sp³-hybridized carbons (Fsp3) is 0.500. The van der Waals surface area contributed by atoms with Crippen LogP contribution in [-0.2, 0) is 4.74 Å². The minimum absolute atomic E-state index is 0.180. The van der Waals surface area contributed by atoms with E-state index in [1.54, 1.807) is 24.3 Å². The number of pyridine rings is 1. The molecule has 0 aliphatic heterocycles. The summed E-state index contributed by atoms with van der Waals surface area (Å²) < 4.78 is 4.98. The Morgan fingerprint density at radius 2 is 2.30 bits per heavy atom. The number of ether oxygens (including phenoxy) is 1. The van der Waals surface area contributed by atoms with Gasteiger partial charge in [-0.2, -0.15) is 5.26 Å². The highest BCUT2D eigenvalue weighted by Gasteiger charge is 2.16. The zero-order chi connectivity index (χ0) is 14.8. The molecule has 0 atom stereocenters. The second kappa shape index (κ2) is 8.88. The van der Waals surface area contributed by atoms with Gasteiger partial charge in [0.15, 0.2) is 0 Å². The van der Waals surface area contributed by atoms with Gasteiger partial charge in [0, 0.05) is 26.7 Å². The van der Waals surface area contributed by atoms with Crippen LogP contribution in [0.4, 0.5) is 5.69 Å². The van der Waals surface area contributed by atoms with Gasteiger partial charge in [-0.3, -0.25) is 4.79 Å². The normalized spacial score (nSPS) is 9.85. The molecule has 0 bridgehead atoms. The molecule has 1 aromatic heterocycles. The lowest BCUT2D eigenvalue weighted by molar-refractivity contribution is 0.0694. The maximum absolute atomic E-state index is 12.3. The van der Waals surface area contributed by atoms with Crippen LogP contribution in [0.5, 0.6) is 0 Å². The van der Waals surface area contributed by atoms with Crippen LogP contribution in [0.1, 0.15) is 23.8 Å². The molecule has 0 fully saturated rings. The van der Waals surface area contributed by atoms with Crippen LogP contribution in [0, 0.1) is 11.3 Å². The molecule has 0 saturated heterocycles. The first-order valence-corrected chi connectivity index (χ1v) is 6.58. The second-order valence-corrected chi connectivity index (χ2v) is 4.16. The molecule has 6 nitrogen and oxygen atoms in total. The third kappa shape index (κ3) is 4.86. The average molecular weight is 276 g/mol. The van der Waals surface area contributed by atoms with Crippen molar-refractivity contribution in [2.45, 2.75) is 13.3 Å². The molecular weight excluding hydrogens is 256 g/mol. The van der Waals surface area contributed by atoms with Crippen molar-refractivity contribution in [2.24, 2.45) is 0 Å². The van der Waals surface area contributed by atoms with Crippen molar-refractivity contribution in [3.8, 4) is 6.07 Å². The van der Waals surface area contributed by atoms with Gasteiger partial charge in [0.2, 0.25) is 0 Å². The van der Waals surface area contributed by atoms with Crippen molar-refractivity contribution in [3.63, 3.8) is 0 Å². The predicted octanol–water partition coefficient (Wildman–Crippen LogP) is 1.52. The molecule has 0 aliphatic carbocycles. The van der Waals surface area contributed by atoms with E-state index in [0.29, 0.717) is 31.8 Å². The molecule has 0 aliphatic rings. The van der Waals surface area contributed by atoms with Crippen LogP contribution < -0.4 is 5.32 Å². The highest BCUT2D eigenvalue weighted by Crippen LogP contribution is 2.08. The van der Waals surface area contributed by atoms with Crippen molar-refractivity contribution >= 4 is 11.6 Å². The van der Waals surface area contributed by atoms with Crippen LogP contribution in [0.25, 0.3) is 0 Å². The number of methoxy groups -OCH3 is 1. The number of anilines is 1. The minimum Gasteiger partial charge on any atom is -0.384 e. The monoisotopic (exact) mass is 276 g/mol. The van der Waals surface area contributed by atoms with Gasteiger partial charge in [0.05, 0.1) is 31.0 Å². The quantitative estimate of drug-likeness (QED) is 0.778. The Morgan fingerprint density at radius 1 is 1.50 bits per heavy atom. The van der Waals surface area contributed by atoms with Crippen LogP contribution in [0.3, 0.4) is 0 Å². The molecule has 0 unspecified atom stereocenters. The first kappa shape index (κ1) is 15.9. The molecule has 1 heterocycles. The number of carbonyl (C=O) groups is 1.